The number of halogens is 5. The van der Waals surface area contributed by atoms with Gasteiger partial charge in [-0.2, -0.15) is 18.2 Å². The first-order chi connectivity index (χ1) is 25.8. The van der Waals surface area contributed by atoms with Crippen LogP contribution in [-0.4, -0.2) is 45.8 Å². The van der Waals surface area contributed by atoms with Crippen molar-refractivity contribution in [2.75, 3.05) is 17.4 Å². The monoisotopic (exact) mass is 776 g/mol. The van der Waals surface area contributed by atoms with E-state index in [1.807, 2.05) is 6.08 Å². The third-order valence-electron chi connectivity index (χ3n) is 11.1. The standard InChI is InChI=1S/C39H29Cl2F3N4O6/c1-54-29-9-5-8-25(32(29)49)31-23-14-15-24-30(36(52)47(34(24)50)22-6-3-2-4-7-22)26(23)17-27-35(51)48(37(53)38(27,31)19-10-12-21(40)13-11-19)46-33-28(41)16-20(18-45-33)39(42,43)44/h2-14,16,18,24,26-27,30-31,49H,15,17H2,1H3,(H,45,46). The number of aromatic nitrogens is 1. The fourth-order valence-electron chi connectivity index (χ4n) is 8.90. The lowest BCUT2D eigenvalue weighted by Gasteiger charge is -2.50. The van der Waals surface area contributed by atoms with Crippen LogP contribution in [0, 0.1) is 23.7 Å². The highest BCUT2D eigenvalue weighted by atomic mass is 35.5. The van der Waals surface area contributed by atoms with Crippen LogP contribution in [0.2, 0.25) is 10.0 Å². The summed E-state index contributed by atoms with van der Waals surface area (Å²) in [5, 5.41) is 12.3. The molecule has 10 nitrogen and oxygen atoms in total. The molecule has 1 aromatic heterocycles. The summed E-state index contributed by atoms with van der Waals surface area (Å²) in [6.45, 7) is 0. The highest BCUT2D eigenvalue weighted by molar-refractivity contribution is 6.33. The van der Waals surface area contributed by atoms with Crippen molar-refractivity contribution in [2.24, 2.45) is 23.7 Å². The number of alkyl halides is 3. The maximum absolute atomic E-state index is 15.3. The number of rotatable bonds is 6. The van der Waals surface area contributed by atoms with Crippen LogP contribution in [-0.2, 0) is 30.8 Å². The molecule has 54 heavy (non-hydrogen) atoms. The Morgan fingerprint density at radius 1 is 0.926 bits per heavy atom. The Morgan fingerprint density at radius 2 is 1.65 bits per heavy atom. The van der Waals surface area contributed by atoms with Gasteiger partial charge in [0.05, 0.1) is 46.6 Å². The number of ether oxygens (including phenoxy) is 1. The number of nitrogens with zero attached hydrogens (tertiary/aromatic N) is 3. The van der Waals surface area contributed by atoms with Gasteiger partial charge in [-0.3, -0.25) is 29.5 Å². The molecule has 3 aromatic carbocycles. The van der Waals surface area contributed by atoms with Gasteiger partial charge in [-0.15, -0.1) is 0 Å². The summed E-state index contributed by atoms with van der Waals surface area (Å²) in [5.41, 5.74) is 1.17. The SMILES string of the molecule is COc1cccc(C2C3=CCC4C(=O)N(c5ccccc5)C(=O)C4C3CC3C(=O)N(Nc4ncc(C(F)(F)F)cc4Cl)C(=O)C32c2ccc(Cl)cc2)c1O. The summed E-state index contributed by atoms with van der Waals surface area (Å²) >= 11 is 12.6. The zero-order chi connectivity index (χ0) is 38.3. The first kappa shape index (κ1) is 35.6. The molecule has 6 atom stereocenters. The number of nitrogens with one attached hydrogen (secondary N) is 1. The van der Waals surface area contributed by atoms with Crippen molar-refractivity contribution in [3.8, 4) is 11.5 Å². The molecule has 15 heteroatoms. The van der Waals surface area contributed by atoms with E-state index in [1.165, 1.54) is 18.1 Å². The number of para-hydroxylation sites is 2. The predicted molar refractivity (Wildman–Crippen MR) is 190 cm³/mol. The Bertz CT molecular complexity index is 2270. The Balaban J connectivity index is 1.33. The maximum Gasteiger partial charge on any atom is 0.417 e. The van der Waals surface area contributed by atoms with Gasteiger partial charge in [0.2, 0.25) is 11.8 Å². The minimum absolute atomic E-state index is 0.0740. The first-order valence-corrected chi connectivity index (χ1v) is 17.7. The Kier molecular flexibility index (Phi) is 8.49. The molecule has 3 heterocycles. The van der Waals surface area contributed by atoms with Crippen LogP contribution < -0.4 is 15.1 Å². The first-order valence-electron chi connectivity index (χ1n) is 16.9. The van der Waals surface area contributed by atoms with Crippen LogP contribution in [0.3, 0.4) is 0 Å². The highest BCUT2D eigenvalue weighted by Crippen LogP contribution is 2.65. The summed E-state index contributed by atoms with van der Waals surface area (Å²) in [7, 11) is 1.36. The number of fused-ring (bicyclic) bond motifs is 4. The predicted octanol–water partition coefficient (Wildman–Crippen LogP) is 7.31. The van der Waals surface area contributed by atoms with Crippen molar-refractivity contribution in [3.63, 3.8) is 0 Å². The fourth-order valence-corrected chi connectivity index (χ4v) is 9.23. The van der Waals surface area contributed by atoms with Crippen LogP contribution in [0.1, 0.15) is 35.4 Å². The number of benzene rings is 3. The fraction of sp³-hybridized carbons (Fsp3) is 0.256. The zero-order valence-electron chi connectivity index (χ0n) is 28.2. The van der Waals surface area contributed by atoms with Crippen molar-refractivity contribution in [1.29, 1.82) is 0 Å². The number of aromatic hydroxyl groups is 1. The van der Waals surface area contributed by atoms with Gasteiger partial charge in [0.1, 0.15) is 0 Å². The molecule has 2 aliphatic carbocycles. The molecule has 276 valence electrons. The van der Waals surface area contributed by atoms with Crippen molar-refractivity contribution >= 4 is 58.3 Å². The summed E-state index contributed by atoms with van der Waals surface area (Å²) < 4.78 is 45.9. The average molecular weight is 778 g/mol. The molecule has 2 saturated heterocycles. The number of carbonyl (C=O) groups excluding carboxylic acids is 4. The van der Waals surface area contributed by atoms with Gasteiger partial charge in [-0.1, -0.05) is 77.3 Å². The smallest absolute Gasteiger partial charge is 0.417 e. The van der Waals surface area contributed by atoms with E-state index in [1.54, 1.807) is 66.7 Å². The number of hydrogen-bond acceptors (Lipinski definition) is 8. The summed E-state index contributed by atoms with van der Waals surface area (Å²) in [4.78, 5) is 63.4. The summed E-state index contributed by atoms with van der Waals surface area (Å²) in [6.07, 6.45) is -2.34. The van der Waals surface area contributed by atoms with Gasteiger partial charge in [0.25, 0.3) is 11.8 Å². The number of amides is 4. The minimum Gasteiger partial charge on any atom is -0.504 e. The number of methoxy groups -OCH3 is 1. The van der Waals surface area contributed by atoms with Crippen LogP contribution >= 0.6 is 23.2 Å². The lowest BCUT2D eigenvalue weighted by molar-refractivity contribution is -0.139. The second-order valence-electron chi connectivity index (χ2n) is 13.7. The Morgan fingerprint density at radius 3 is 2.31 bits per heavy atom. The molecule has 4 aromatic rings. The van der Waals surface area contributed by atoms with Crippen molar-refractivity contribution in [3.05, 3.63) is 123 Å². The topological polar surface area (TPSA) is 129 Å². The van der Waals surface area contributed by atoms with E-state index in [-0.39, 0.29) is 41.6 Å². The van der Waals surface area contributed by atoms with E-state index < -0.39 is 69.5 Å². The number of imide groups is 2. The second kappa shape index (κ2) is 12.9. The summed E-state index contributed by atoms with van der Waals surface area (Å²) in [6, 6.07) is 20.2. The number of allylic oxidation sites excluding steroid dienone is 2. The zero-order valence-corrected chi connectivity index (χ0v) is 29.7. The van der Waals surface area contributed by atoms with Gasteiger partial charge < -0.3 is 9.84 Å². The molecule has 0 bridgehead atoms. The van der Waals surface area contributed by atoms with Gasteiger partial charge in [-0.05, 0) is 60.7 Å². The molecule has 0 spiro atoms. The van der Waals surface area contributed by atoms with Crippen LogP contribution in [0.15, 0.2) is 96.7 Å². The molecular weight excluding hydrogens is 748 g/mol. The van der Waals surface area contributed by atoms with Gasteiger partial charge in [0.15, 0.2) is 17.3 Å². The molecule has 3 fully saturated rings. The van der Waals surface area contributed by atoms with Crippen molar-refractivity contribution in [2.45, 2.75) is 30.4 Å². The van der Waals surface area contributed by atoms with E-state index >= 15 is 4.79 Å². The molecule has 6 unspecified atom stereocenters. The van der Waals surface area contributed by atoms with Crippen LogP contribution in [0.25, 0.3) is 0 Å². The second-order valence-corrected chi connectivity index (χ2v) is 14.5. The molecule has 4 aliphatic rings. The van der Waals surface area contributed by atoms with E-state index in [2.05, 4.69) is 10.4 Å². The van der Waals surface area contributed by atoms with Crippen LogP contribution in [0.4, 0.5) is 24.7 Å². The van der Waals surface area contributed by atoms with E-state index in [0.29, 0.717) is 39.1 Å². The average Bonchev–Trinajstić information content (AvgIpc) is 3.53. The number of phenolic OH excluding ortho intramolecular Hbond substituents is 1. The number of hydrogen-bond donors (Lipinski definition) is 2. The lowest BCUT2D eigenvalue weighted by atomic mass is 9.49. The van der Waals surface area contributed by atoms with Crippen LogP contribution in [0.5, 0.6) is 11.5 Å². The summed E-state index contributed by atoms with van der Waals surface area (Å²) in [5.74, 6) is -7.82. The number of carbonyl (C=O) groups is 4. The van der Waals surface area contributed by atoms with Gasteiger partial charge in [0, 0.05) is 22.7 Å². The molecular formula is C39H29Cl2F3N4O6. The normalized spacial score (nSPS) is 26.3. The largest absolute Gasteiger partial charge is 0.504 e. The van der Waals surface area contributed by atoms with E-state index in [9.17, 15) is 32.7 Å². The number of anilines is 2. The molecule has 2 N–H and O–H groups in total. The number of pyridine rings is 1. The molecule has 4 amide bonds. The van der Waals surface area contributed by atoms with Crippen molar-refractivity contribution < 1.29 is 42.2 Å². The maximum atomic E-state index is 15.3. The minimum atomic E-state index is -4.76. The third-order valence-corrected chi connectivity index (χ3v) is 11.7. The highest BCUT2D eigenvalue weighted by Gasteiger charge is 2.71. The van der Waals surface area contributed by atoms with E-state index in [4.69, 9.17) is 27.9 Å². The molecule has 2 aliphatic heterocycles. The number of hydrazine groups is 1. The Hall–Kier alpha value is -5.40. The Labute approximate surface area is 316 Å². The molecule has 1 saturated carbocycles. The molecule has 0 radical (unpaired) electrons. The quantitative estimate of drug-likeness (QED) is 0.154. The van der Waals surface area contributed by atoms with E-state index in [0.717, 1.165) is 0 Å². The third kappa shape index (κ3) is 5.19. The van der Waals surface area contributed by atoms with Gasteiger partial charge in [-0.25, -0.2) is 4.98 Å². The molecule has 8 rings (SSSR count). The van der Waals surface area contributed by atoms with Gasteiger partial charge >= 0.3 is 6.18 Å². The lowest BCUT2D eigenvalue weighted by Crippen LogP contribution is -2.53. The number of phenols is 1. The van der Waals surface area contributed by atoms with Crippen molar-refractivity contribution in [1.82, 2.24) is 9.99 Å².